The van der Waals surface area contributed by atoms with Gasteiger partial charge in [-0.1, -0.05) is 27.7 Å². The maximum absolute atomic E-state index is 6.05. The van der Waals surface area contributed by atoms with Crippen molar-refractivity contribution in [3.63, 3.8) is 0 Å². The van der Waals surface area contributed by atoms with E-state index < -0.39 is 0 Å². The number of hydrogen-bond donors (Lipinski definition) is 1. The van der Waals surface area contributed by atoms with Crippen LogP contribution in [0, 0.1) is 5.41 Å². The Bertz CT molecular complexity index is 420. The summed E-state index contributed by atoms with van der Waals surface area (Å²) in [5, 5.41) is 8.10. The van der Waals surface area contributed by atoms with E-state index in [0.29, 0.717) is 0 Å². The zero-order valence-corrected chi connectivity index (χ0v) is 14.9. The summed E-state index contributed by atoms with van der Waals surface area (Å²) in [4.78, 5) is 0. The number of ether oxygens (including phenoxy) is 1. The van der Waals surface area contributed by atoms with E-state index in [2.05, 4.69) is 62.7 Å². The molecule has 0 amide bonds. The number of hydrogen-bond acceptors (Lipinski definition) is 3. The zero-order valence-electron chi connectivity index (χ0n) is 14.9. The van der Waals surface area contributed by atoms with Crippen LogP contribution in [0.1, 0.15) is 52.9 Å². The van der Waals surface area contributed by atoms with E-state index in [9.17, 15) is 0 Å². The molecular weight excluding hydrogens is 262 g/mol. The van der Waals surface area contributed by atoms with Gasteiger partial charge in [0, 0.05) is 31.3 Å². The number of nitrogens with one attached hydrogen (secondary N) is 1. The number of likely N-dealkylation sites (N-methyl/N-ethyl adjacent to an activating group) is 1. The predicted octanol–water partition coefficient (Wildman–Crippen LogP) is 3.05. The second-order valence-electron chi connectivity index (χ2n) is 6.64. The van der Waals surface area contributed by atoms with Crippen LogP contribution in [0.2, 0.25) is 0 Å². The summed E-state index contributed by atoms with van der Waals surface area (Å²) >= 11 is 0. The molecule has 0 aliphatic heterocycles. The van der Waals surface area contributed by atoms with E-state index in [1.807, 2.05) is 7.05 Å². The summed E-state index contributed by atoms with van der Waals surface area (Å²) in [6, 6.07) is 2.52. The van der Waals surface area contributed by atoms with Gasteiger partial charge in [0.15, 0.2) is 0 Å². The van der Waals surface area contributed by atoms with Gasteiger partial charge in [-0.05, 0) is 38.8 Å². The zero-order chi connectivity index (χ0) is 16.0. The molecule has 1 aromatic rings. The SMILES string of the molecule is CCOC(C(Cc1cc(CC)nn1CC)NC)C(C)(C)C. The van der Waals surface area contributed by atoms with Crippen molar-refractivity contribution < 1.29 is 4.74 Å². The Morgan fingerprint density at radius 1 is 1.29 bits per heavy atom. The van der Waals surface area contributed by atoms with Gasteiger partial charge in [0.1, 0.15) is 0 Å². The molecule has 4 nitrogen and oxygen atoms in total. The van der Waals surface area contributed by atoms with Gasteiger partial charge in [0.25, 0.3) is 0 Å². The first kappa shape index (κ1) is 18.2. The smallest absolute Gasteiger partial charge is 0.0779 e. The molecule has 0 aliphatic rings. The lowest BCUT2D eigenvalue weighted by atomic mass is 9.83. The van der Waals surface area contributed by atoms with Crippen molar-refractivity contribution in [3.8, 4) is 0 Å². The van der Waals surface area contributed by atoms with Crippen molar-refractivity contribution in [2.45, 2.75) is 73.1 Å². The molecule has 122 valence electrons. The number of aromatic nitrogens is 2. The third-order valence-electron chi connectivity index (χ3n) is 3.94. The van der Waals surface area contributed by atoms with E-state index in [-0.39, 0.29) is 17.6 Å². The van der Waals surface area contributed by atoms with Gasteiger partial charge >= 0.3 is 0 Å². The molecular formula is C17H33N3O. The fourth-order valence-electron chi connectivity index (χ4n) is 2.86. The Kier molecular flexibility index (Phi) is 6.88. The van der Waals surface area contributed by atoms with Crippen molar-refractivity contribution in [2.24, 2.45) is 5.41 Å². The molecule has 1 rings (SSSR count). The van der Waals surface area contributed by atoms with Crippen molar-refractivity contribution in [1.29, 1.82) is 0 Å². The van der Waals surface area contributed by atoms with Gasteiger partial charge in [0.05, 0.1) is 11.8 Å². The van der Waals surface area contributed by atoms with E-state index in [0.717, 1.165) is 26.0 Å². The maximum Gasteiger partial charge on any atom is 0.0779 e. The third-order valence-corrected chi connectivity index (χ3v) is 3.94. The van der Waals surface area contributed by atoms with Gasteiger partial charge in [-0.15, -0.1) is 0 Å². The van der Waals surface area contributed by atoms with Crippen LogP contribution >= 0.6 is 0 Å². The minimum atomic E-state index is 0.105. The molecule has 0 bridgehead atoms. The van der Waals surface area contributed by atoms with Crippen molar-refractivity contribution >= 4 is 0 Å². The predicted molar refractivity (Wildman–Crippen MR) is 88.7 cm³/mol. The van der Waals surface area contributed by atoms with Crippen molar-refractivity contribution in [1.82, 2.24) is 15.1 Å². The first-order valence-electron chi connectivity index (χ1n) is 8.21. The van der Waals surface area contributed by atoms with Gasteiger partial charge in [-0.3, -0.25) is 4.68 Å². The molecule has 2 atom stereocenters. The highest BCUT2D eigenvalue weighted by Crippen LogP contribution is 2.27. The van der Waals surface area contributed by atoms with Crippen LogP contribution in [0.15, 0.2) is 6.07 Å². The fourth-order valence-corrected chi connectivity index (χ4v) is 2.86. The Labute approximate surface area is 130 Å². The Morgan fingerprint density at radius 2 is 1.95 bits per heavy atom. The Hall–Kier alpha value is -0.870. The molecule has 0 spiro atoms. The Morgan fingerprint density at radius 3 is 2.38 bits per heavy atom. The Balaban J connectivity index is 2.97. The van der Waals surface area contributed by atoms with Gasteiger partial charge < -0.3 is 10.1 Å². The first-order chi connectivity index (χ1) is 9.87. The maximum atomic E-state index is 6.05. The van der Waals surface area contributed by atoms with Crippen LogP contribution in [0.5, 0.6) is 0 Å². The van der Waals surface area contributed by atoms with Crippen LogP contribution in [0.4, 0.5) is 0 Å². The summed E-state index contributed by atoms with van der Waals surface area (Å²) in [6.07, 6.45) is 2.11. The first-order valence-corrected chi connectivity index (χ1v) is 8.21. The summed E-state index contributed by atoms with van der Waals surface area (Å²) in [5.41, 5.74) is 2.57. The average molecular weight is 295 g/mol. The lowest BCUT2D eigenvalue weighted by Crippen LogP contribution is -2.48. The monoisotopic (exact) mass is 295 g/mol. The minimum absolute atomic E-state index is 0.105. The highest BCUT2D eigenvalue weighted by Gasteiger charge is 2.32. The van der Waals surface area contributed by atoms with Crippen LogP contribution in [0.25, 0.3) is 0 Å². The summed E-state index contributed by atoms with van der Waals surface area (Å²) in [6.45, 7) is 14.8. The third kappa shape index (κ3) is 4.82. The highest BCUT2D eigenvalue weighted by atomic mass is 16.5. The quantitative estimate of drug-likeness (QED) is 0.801. The van der Waals surface area contributed by atoms with Gasteiger partial charge in [-0.25, -0.2) is 0 Å². The standard InChI is InChI=1S/C17H33N3O/c1-8-13-11-14(20(9-2)19-13)12-15(18-7)16(21-10-3)17(4,5)6/h11,15-16,18H,8-10,12H2,1-7H3. The molecule has 1 aromatic heterocycles. The molecule has 0 fully saturated rings. The van der Waals surface area contributed by atoms with Crippen molar-refractivity contribution in [3.05, 3.63) is 17.5 Å². The molecule has 0 aromatic carbocycles. The largest absolute Gasteiger partial charge is 0.376 e. The van der Waals surface area contributed by atoms with Gasteiger partial charge in [0.2, 0.25) is 0 Å². The molecule has 0 saturated heterocycles. The normalized spacial score (nSPS) is 15.2. The number of rotatable bonds is 8. The molecule has 2 unspecified atom stereocenters. The van der Waals surface area contributed by atoms with E-state index in [1.165, 1.54) is 11.4 Å². The molecule has 1 N–H and O–H groups in total. The summed E-state index contributed by atoms with van der Waals surface area (Å²) < 4.78 is 8.17. The number of nitrogens with zero attached hydrogens (tertiary/aromatic N) is 2. The molecule has 21 heavy (non-hydrogen) atoms. The lowest BCUT2D eigenvalue weighted by Gasteiger charge is -2.36. The molecule has 4 heteroatoms. The van der Waals surface area contributed by atoms with Gasteiger partial charge in [-0.2, -0.15) is 5.10 Å². The molecule has 1 heterocycles. The highest BCUT2D eigenvalue weighted by molar-refractivity contribution is 5.13. The van der Waals surface area contributed by atoms with Crippen molar-refractivity contribution in [2.75, 3.05) is 13.7 Å². The summed E-state index contributed by atoms with van der Waals surface area (Å²) in [7, 11) is 2.02. The second kappa shape index (κ2) is 7.95. The lowest BCUT2D eigenvalue weighted by molar-refractivity contribution is -0.0344. The molecule has 0 aliphatic carbocycles. The number of aryl methyl sites for hydroxylation is 2. The molecule has 0 saturated carbocycles. The van der Waals surface area contributed by atoms with Crippen LogP contribution in [-0.2, 0) is 24.1 Å². The molecule has 0 radical (unpaired) electrons. The van der Waals surface area contributed by atoms with E-state index in [4.69, 9.17) is 4.74 Å². The average Bonchev–Trinajstić information content (AvgIpc) is 2.83. The van der Waals surface area contributed by atoms with Crippen LogP contribution in [0.3, 0.4) is 0 Å². The fraction of sp³-hybridized carbons (Fsp3) is 0.824. The summed E-state index contributed by atoms with van der Waals surface area (Å²) in [5.74, 6) is 0. The van der Waals surface area contributed by atoms with Crippen LogP contribution in [-0.4, -0.2) is 35.6 Å². The second-order valence-corrected chi connectivity index (χ2v) is 6.64. The minimum Gasteiger partial charge on any atom is -0.376 e. The van der Waals surface area contributed by atoms with E-state index in [1.54, 1.807) is 0 Å². The van der Waals surface area contributed by atoms with Crippen LogP contribution < -0.4 is 5.32 Å². The van der Waals surface area contributed by atoms with E-state index >= 15 is 0 Å². The topological polar surface area (TPSA) is 39.1 Å².